The molecule has 1 aliphatic carbocycles. The van der Waals surface area contributed by atoms with Crippen LogP contribution in [0.2, 0.25) is 5.02 Å². The second kappa shape index (κ2) is 4.84. The first-order chi connectivity index (χ1) is 8.69. The molecule has 1 saturated carbocycles. The van der Waals surface area contributed by atoms with E-state index in [4.69, 9.17) is 22.1 Å². The Morgan fingerprint density at radius 1 is 1.28 bits per heavy atom. The van der Waals surface area contributed by atoms with E-state index in [0.29, 0.717) is 5.92 Å². The molecule has 2 aliphatic rings. The molecule has 2 unspecified atom stereocenters. The number of benzene rings is 1. The number of ether oxygens (including phenoxy) is 1. The van der Waals surface area contributed by atoms with E-state index in [1.807, 2.05) is 12.1 Å². The molecule has 2 N–H and O–H groups in total. The van der Waals surface area contributed by atoms with Crippen LogP contribution in [0.4, 0.5) is 0 Å². The Kier molecular flexibility index (Phi) is 3.35. The van der Waals surface area contributed by atoms with Crippen molar-refractivity contribution < 1.29 is 4.74 Å². The van der Waals surface area contributed by atoms with Crippen LogP contribution < -0.4 is 5.73 Å². The molecule has 0 bridgehead atoms. The summed E-state index contributed by atoms with van der Waals surface area (Å²) in [4.78, 5) is 0. The molecular weight excluding hydrogens is 246 g/mol. The van der Waals surface area contributed by atoms with Crippen LogP contribution in [0.15, 0.2) is 24.3 Å². The summed E-state index contributed by atoms with van der Waals surface area (Å²) in [5, 5.41) is 0.772. The van der Waals surface area contributed by atoms with Crippen molar-refractivity contribution in [2.75, 3.05) is 6.61 Å². The predicted octanol–water partition coefficient (Wildman–Crippen LogP) is 3.69. The van der Waals surface area contributed by atoms with Gasteiger partial charge >= 0.3 is 0 Å². The molecule has 3 heteroatoms. The molecule has 1 aliphatic heterocycles. The highest BCUT2D eigenvalue weighted by Gasteiger charge is 2.43. The Hall–Kier alpha value is -0.570. The maximum Gasteiger partial charge on any atom is 0.0686 e. The second-order valence-electron chi connectivity index (χ2n) is 5.72. The minimum Gasteiger partial charge on any atom is -0.375 e. The monoisotopic (exact) mass is 265 g/mol. The lowest BCUT2D eigenvalue weighted by atomic mass is 9.70. The van der Waals surface area contributed by atoms with Gasteiger partial charge in [0.05, 0.1) is 5.60 Å². The zero-order valence-corrected chi connectivity index (χ0v) is 11.3. The summed E-state index contributed by atoms with van der Waals surface area (Å²) in [6.45, 7) is 0.867. The van der Waals surface area contributed by atoms with E-state index in [2.05, 4.69) is 12.1 Å². The second-order valence-corrected chi connectivity index (χ2v) is 6.15. The van der Waals surface area contributed by atoms with Gasteiger partial charge in [-0.2, -0.15) is 0 Å². The van der Waals surface area contributed by atoms with Crippen molar-refractivity contribution in [2.45, 2.75) is 43.7 Å². The molecule has 1 spiro atoms. The van der Waals surface area contributed by atoms with Gasteiger partial charge in [0.25, 0.3) is 0 Å². The molecule has 1 aromatic rings. The molecule has 1 aromatic carbocycles. The zero-order valence-electron chi connectivity index (χ0n) is 10.6. The normalized spacial score (nSPS) is 27.8. The summed E-state index contributed by atoms with van der Waals surface area (Å²) in [6.07, 6.45) is 5.94. The third kappa shape index (κ3) is 2.29. The topological polar surface area (TPSA) is 35.2 Å². The van der Waals surface area contributed by atoms with Crippen molar-refractivity contribution in [1.29, 1.82) is 0 Å². The van der Waals surface area contributed by atoms with E-state index in [1.54, 1.807) is 0 Å². The highest BCUT2D eigenvalue weighted by Crippen LogP contribution is 2.46. The van der Waals surface area contributed by atoms with Gasteiger partial charge in [0.2, 0.25) is 0 Å². The van der Waals surface area contributed by atoms with Gasteiger partial charge in [-0.25, -0.2) is 0 Å². The Labute approximate surface area is 113 Å². The first-order valence-electron chi connectivity index (χ1n) is 6.84. The maximum absolute atomic E-state index is 6.42. The minimum atomic E-state index is 0.114. The zero-order chi connectivity index (χ0) is 12.6. The number of nitrogens with two attached hydrogens (primary N) is 1. The highest BCUT2D eigenvalue weighted by atomic mass is 35.5. The van der Waals surface area contributed by atoms with Crippen LogP contribution in [0.1, 0.15) is 43.7 Å². The summed E-state index contributed by atoms with van der Waals surface area (Å²) in [5.74, 6) is 0.542. The minimum absolute atomic E-state index is 0.114. The number of hydrogen-bond donors (Lipinski definition) is 1. The summed E-state index contributed by atoms with van der Waals surface area (Å²) in [5.41, 5.74) is 7.79. The van der Waals surface area contributed by atoms with Gasteiger partial charge in [0.15, 0.2) is 0 Å². The average Bonchev–Trinajstić information content (AvgIpc) is 2.37. The van der Waals surface area contributed by atoms with Crippen molar-refractivity contribution in [3.63, 3.8) is 0 Å². The first kappa shape index (κ1) is 12.5. The lowest BCUT2D eigenvalue weighted by molar-refractivity contribution is -0.146. The highest BCUT2D eigenvalue weighted by molar-refractivity contribution is 6.30. The standard InChI is InChI=1S/C15H20ClNO/c16-13-4-2-11(3-5-13)14(17)12-6-9-18-15(10-12)7-1-8-15/h2-5,12,14H,1,6-10,17H2. The molecule has 2 nitrogen and oxygen atoms in total. The van der Waals surface area contributed by atoms with E-state index >= 15 is 0 Å². The van der Waals surface area contributed by atoms with Gasteiger partial charge in [0.1, 0.15) is 0 Å². The molecule has 0 amide bonds. The average molecular weight is 266 g/mol. The van der Waals surface area contributed by atoms with Gasteiger partial charge in [-0.15, -0.1) is 0 Å². The Balaban J connectivity index is 1.71. The lowest BCUT2D eigenvalue weighted by Gasteiger charge is -2.48. The van der Waals surface area contributed by atoms with Crippen LogP contribution in [0.3, 0.4) is 0 Å². The van der Waals surface area contributed by atoms with E-state index in [0.717, 1.165) is 24.5 Å². The van der Waals surface area contributed by atoms with Gasteiger partial charge in [-0.05, 0) is 55.7 Å². The molecule has 1 heterocycles. The van der Waals surface area contributed by atoms with E-state index < -0.39 is 0 Å². The summed E-state index contributed by atoms with van der Waals surface area (Å²) in [6, 6.07) is 8.07. The third-order valence-corrected chi connectivity index (χ3v) is 4.81. The SMILES string of the molecule is NC(c1ccc(Cl)cc1)C1CCOC2(CCC2)C1. The molecule has 18 heavy (non-hydrogen) atoms. The quantitative estimate of drug-likeness (QED) is 0.885. The lowest BCUT2D eigenvalue weighted by Crippen LogP contribution is -2.47. The van der Waals surface area contributed by atoms with Crippen LogP contribution in [0.25, 0.3) is 0 Å². The van der Waals surface area contributed by atoms with Crippen molar-refractivity contribution in [2.24, 2.45) is 11.7 Å². The van der Waals surface area contributed by atoms with Crippen molar-refractivity contribution in [3.05, 3.63) is 34.9 Å². The number of hydrogen-bond acceptors (Lipinski definition) is 2. The van der Waals surface area contributed by atoms with Gasteiger partial charge in [0, 0.05) is 17.7 Å². The number of halogens is 1. The predicted molar refractivity (Wildman–Crippen MR) is 73.6 cm³/mol. The summed E-state index contributed by atoms with van der Waals surface area (Å²) < 4.78 is 5.96. The van der Waals surface area contributed by atoms with Crippen molar-refractivity contribution in [1.82, 2.24) is 0 Å². The van der Waals surface area contributed by atoms with Crippen LogP contribution in [-0.4, -0.2) is 12.2 Å². The van der Waals surface area contributed by atoms with Crippen molar-refractivity contribution in [3.8, 4) is 0 Å². The number of rotatable bonds is 2. The van der Waals surface area contributed by atoms with Crippen LogP contribution >= 0.6 is 11.6 Å². The summed E-state index contributed by atoms with van der Waals surface area (Å²) in [7, 11) is 0. The fraction of sp³-hybridized carbons (Fsp3) is 0.600. The third-order valence-electron chi connectivity index (χ3n) is 4.56. The van der Waals surface area contributed by atoms with Gasteiger partial charge in [-0.1, -0.05) is 23.7 Å². The molecule has 2 fully saturated rings. The van der Waals surface area contributed by atoms with Crippen LogP contribution in [0.5, 0.6) is 0 Å². The summed E-state index contributed by atoms with van der Waals surface area (Å²) >= 11 is 5.92. The largest absolute Gasteiger partial charge is 0.375 e. The first-order valence-corrected chi connectivity index (χ1v) is 7.21. The fourth-order valence-corrected chi connectivity index (χ4v) is 3.37. The molecule has 0 aromatic heterocycles. The molecule has 0 radical (unpaired) electrons. The van der Waals surface area contributed by atoms with Gasteiger partial charge in [-0.3, -0.25) is 0 Å². The van der Waals surface area contributed by atoms with Gasteiger partial charge < -0.3 is 10.5 Å². The smallest absolute Gasteiger partial charge is 0.0686 e. The Morgan fingerprint density at radius 2 is 2.00 bits per heavy atom. The molecule has 98 valence electrons. The Bertz CT molecular complexity index is 413. The molecule has 2 atom stereocenters. The van der Waals surface area contributed by atoms with E-state index in [9.17, 15) is 0 Å². The molecular formula is C15H20ClNO. The van der Waals surface area contributed by atoms with E-state index in [1.165, 1.54) is 24.8 Å². The van der Waals surface area contributed by atoms with Crippen LogP contribution in [0, 0.1) is 5.92 Å². The van der Waals surface area contributed by atoms with Crippen LogP contribution in [-0.2, 0) is 4.74 Å². The van der Waals surface area contributed by atoms with Crippen molar-refractivity contribution >= 4 is 11.6 Å². The van der Waals surface area contributed by atoms with E-state index in [-0.39, 0.29) is 11.6 Å². The fourth-order valence-electron chi connectivity index (χ4n) is 3.25. The molecule has 3 rings (SSSR count). The Morgan fingerprint density at radius 3 is 2.61 bits per heavy atom. The molecule has 1 saturated heterocycles. The maximum atomic E-state index is 6.42.